The van der Waals surface area contributed by atoms with Gasteiger partial charge in [-0.1, -0.05) is 121 Å². The summed E-state index contributed by atoms with van der Waals surface area (Å²) in [5.41, 5.74) is 13.7. The Hall–Kier alpha value is -5.80. The molecule has 43 heavy (non-hydrogen) atoms. The van der Waals surface area contributed by atoms with Gasteiger partial charge in [-0.2, -0.15) is 0 Å². The summed E-state index contributed by atoms with van der Waals surface area (Å²) in [5.74, 6) is 0.872. The van der Waals surface area contributed by atoms with Crippen LogP contribution in [0.15, 0.2) is 152 Å². The molecule has 6 aromatic carbocycles. The monoisotopic (exact) mass is 547 g/mol. The highest BCUT2D eigenvalue weighted by atomic mass is 15.1. The van der Waals surface area contributed by atoms with Gasteiger partial charge in [0.1, 0.15) is 11.3 Å². The molecule has 0 unspecified atom stereocenters. The van der Waals surface area contributed by atoms with Gasteiger partial charge in [0.25, 0.3) is 0 Å². The third kappa shape index (κ3) is 3.62. The summed E-state index contributed by atoms with van der Waals surface area (Å²) in [6, 6.07) is 51.6. The average molecular weight is 548 g/mol. The van der Waals surface area contributed by atoms with E-state index in [9.17, 15) is 0 Å². The van der Waals surface area contributed by atoms with Crippen molar-refractivity contribution in [1.82, 2.24) is 14.5 Å². The van der Waals surface area contributed by atoms with E-state index in [1.807, 2.05) is 18.3 Å². The Kier molecular flexibility index (Phi) is 5.20. The Morgan fingerprint density at radius 1 is 0.442 bits per heavy atom. The number of para-hydroxylation sites is 1. The topological polar surface area (TPSA) is 30.7 Å². The van der Waals surface area contributed by atoms with Gasteiger partial charge in [0.15, 0.2) is 5.65 Å². The predicted molar refractivity (Wildman–Crippen MR) is 177 cm³/mol. The van der Waals surface area contributed by atoms with E-state index in [2.05, 4.69) is 138 Å². The molecule has 2 heterocycles. The normalized spacial score (nSPS) is 11.7. The summed E-state index contributed by atoms with van der Waals surface area (Å²) in [5, 5.41) is 2.60. The molecule has 0 N–H and O–H groups in total. The summed E-state index contributed by atoms with van der Waals surface area (Å²) < 4.78 is 2.19. The fourth-order valence-corrected chi connectivity index (χ4v) is 6.72. The summed E-state index contributed by atoms with van der Waals surface area (Å²) in [6.07, 6.45) is 1.89. The molecule has 0 spiro atoms. The van der Waals surface area contributed by atoms with Crippen molar-refractivity contribution < 1.29 is 0 Å². The van der Waals surface area contributed by atoms with Crippen molar-refractivity contribution in [3.63, 3.8) is 0 Å². The van der Waals surface area contributed by atoms with Crippen LogP contribution in [0.4, 0.5) is 0 Å². The molecule has 0 atom stereocenters. The van der Waals surface area contributed by atoms with E-state index in [0.717, 1.165) is 39.4 Å². The van der Waals surface area contributed by atoms with Crippen LogP contribution in [0.25, 0.3) is 83.5 Å². The molecule has 0 radical (unpaired) electrons. The van der Waals surface area contributed by atoms with Crippen molar-refractivity contribution in [3.8, 4) is 61.6 Å². The molecule has 0 saturated carbocycles. The molecule has 0 fully saturated rings. The molecule has 3 nitrogen and oxygen atoms in total. The number of rotatable bonds is 4. The molecular formula is C40H25N3. The number of imidazole rings is 1. The highest BCUT2D eigenvalue weighted by Gasteiger charge is 2.23. The first-order valence-electron chi connectivity index (χ1n) is 14.6. The van der Waals surface area contributed by atoms with Gasteiger partial charge in [0, 0.05) is 23.0 Å². The van der Waals surface area contributed by atoms with E-state index in [1.54, 1.807) is 0 Å². The van der Waals surface area contributed by atoms with Crippen molar-refractivity contribution >= 4 is 21.9 Å². The van der Waals surface area contributed by atoms with Crippen LogP contribution >= 0.6 is 0 Å². The minimum atomic E-state index is 0.844. The van der Waals surface area contributed by atoms with Gasteiger partial charge >= 0.3 is 0 Å². The predicted octanol–water partition coefficient (Wildman–Crippen LogP) is 10.2. The molecular weight excluding hydrogens is 522 g/mol. The van der Waals surface area contributed by atoms with Gasteiger partial charge in [-0.05, 0) is 74.0 Å². The molecule has 8 aromatic rings. The van der Waals surface area contributed by atoms with Crippen LogP contribution in [0.3, 0.4) is 0 Å². The Bertz CT molecular complexity index is 2300. The summed E-state index contributed by atoms with van der Waals surface area (Å²) in [6.45, 7) is 0. The van der Waals surface area contributed by atoms with Crippen LogP contribution < -0.4 is 0 Å². The van der Waals surface area contributed by atoms with E-state index in [4.69, 9.17) is 9.97 Å². The first-order valence-corrected chi connectivity index (χ1v) is 14.6. The fraction of sp³-hybridized carbons (Fsp3) is 0. The average Bonchev–Trinajstić information content (AvgIpc) is 3.63. The fourth-order valence-electron chi connectivity index (χ4n) is 6.72. The van der Waals surface area contributed by atoms with E-state index in [-0.39, 0.29) is 0 Å². The van der Waals surface area contributed by atoms with E-state index < -0.39 is 0 Å². The lowest BCUT2D eigenvalue weighted by Gasteiger charge is -2.12. The van der Waals surface area contributed by atoms with Gasteiger partial charge in [0.2, 0.25) is 0 Å². The second-order valence-corrected chi connectivity index (χ2v) is 11.0. The molecule has 1 aliphatic carbocycles. The van der Waals surface area contributed by atoms with Crippen molar-refractivity contribution in [1.29, 1.82) is 0 Å². The number of nitrogens with zero attached hydrogens (tertiary/aromatic N) is 3. The van der Waals surface area contributed by atoms with Gasteiger partial charge in [-0.3, -0.25) is 4.57 Å². The number of fused-ring (bicyclic) bond motifs is 4. The van der Waals surface area contributed by atoms with Crippen LogP contribution in [0.1, 0.15) is 0 Å². The highest BCUT2D eigenvalue weighted by molar-refractivity contribution is 6.18. The molecule has 200 valence electrons. The maximum atomic E-state index is 5.30. The number of pyridine rings is 1. The van der Waals surface area contributed by atoms with Gasteiger partial charge < -0.3 is 0 Å². The lowest BCUT2D eigenvalue weighted by molar-refractivity contribution is 1.08. The van der Waals surface area contributed by atoms with Crippen molar-refractivity contribution in [3.05, 3.63) is 152 Å². The molecule has 9 rings (SSSR count). The lowest BCUT2D eigenvalue weighted by atomic mass is 9.93. The molecule has 0 saturated heterocycles. The zero-order chi connectivity index (χ0) is 28.3. The molecule has 0 amide bonds. The van der Waals surface area contributed by atoms with Crippen molar-refractivity contribution in [2.45, 2.75) is 0 Å². The van der Waals surface area contributed by atoms with Crippen molar-refractivity contribution in [2.24, 2.45) is 0 Å². The maximum Gasteiger partial charge on any atom is 0.165 e. The van der Waals surface area contributed by atoms with Crippen LogP contribution in [0.2, 0.25) is 0 Å². The third-order valence-electron chi connectivity index (χ3n) is 8.63. The van der Waals surface area contributed by atoms with E-state index >= 15 is 0 Å². The Balaban J connectivity index is 1.27. The van der Waals surface area contributed by atoms with Crippen LogP contribution in [0.5, 0.6) is 0 Å². The largest absolute Gasteiger partial charge is 0.277 e. The summed E-state index contributed by atoms with van der Waals surface area (Å²) >= 11 is 0. The maximum absolute atomic E-state index is 5.30. The Morgan fingerprint density at radius 3 is 1.88 bits per heavy atom. The van der Waals surface area contributed by atoms with Gasteiger partial charge in [0.05, 0.1) is 0 Å². The van der Waals surface area contributed by atoms with E-state index in [1.165, 1.54) is 44.2 Å². The Morgan fingerprint density at radius 2 is 1.07 bits per heavy atom. The highest BCUT2D eigenvalue weighted by Crippen LogP contribution is 2.49. The van der Waals surface area contributed by atoms with Crippen LogP contribution in [-0.4, -0.2) is 14.5 Å². The second kappa shape index (κ2) is 9.37. The molecule has 0 aliphatic heterocycles. The van der Waals surface area contributed by atoms with Gasteiger partial charge in [-0.25, -0.2) is 9.97 Å². The standard InChI is InChI=1S/C40H25N3/c1-3-11-26(12-4-1)31-23-24-41-40-38(31)42-39(43(40)29-15-5-2-6-16-29)28-14-9-13-27(25-28)30-21-22-36-33-18-8-7-17-32(33)35-20-10-19-34(30)37(35)36/h1-25H. The zero-order valence-electron chi connectivity index (χ0n) is 23.3. The first-order chi connectivity index (χ1) is 21.3. The first kappa shape index (κ1) is 23.9. The number of hydrogen-bond donors (Lipinski definition) is 0. The molecule has 1 aliphatic rings. The Labute approximate surface area is 249 Å². The molecule has 3 heteroatoms. The van der Waals surface area contributed by atoms with Crippen LogP contribution in [-0.2, 0) is 0 Å². The number of benzene rings is 6. The van der Waals surface area contributed by atoms with E-state index in [0.29, 0.717) is 0 Å². The minimum Gasteiger partial charge on any atom is -0.277 e. The second-order valence-electron chi connectivity index (χ2n) is 11.0. The van der Waals surface area contributed by atoms with Crippen LogP contribution in [0, 0.1) is 0 Å². The number of hydrogen-bond acceptors (Lipinski definition) is 2. The smallest absolute Gasteiger partial charge is 0.165 e. The third-order valence-corrected chi connectivity index (χ3v) is 8.63. The SMILES string of the molecule is c1ccc(-c2ccnc3c2nc(-c2cccc(-c4ccc5c6c(cccc46)-c4ccccc4-5)c2)n3-c2ccccc2)cc1. The molecule has 2 aromatic heterocycles. The van der Waals surface area contributed by atoms with Gasteiger partial charge in [-0.15, -0.1) is 0 Å². The summed E-state index contributed by atoms with van der Waals surface area (Å²) in [7, 11) is 0. The van der Waals surface area contributed by atoms with Crippen molar-refractivity contribution in [2.75, 3.05) is 0 Å². The molecule has 0 bridgehead atoms. The zero-order valence-corrected chi connectivity index (χ0v) is 23.3. The summed E-state index contributed by atoms with van der Waals surface area (Å²) in [4.78, 5) is 10.2. The quantitative estimate of drug-likeness (QED) is 0.219. The number of aromatic nitrogens is 3. The lowest BCUT2D eigenvalue weighted by Crippen LogP contribution is -1.98. The minimum absolute atomic E-state index is 0.844.